The van der Waals surface area contributed by atoms with Crippen molar-refractivity contribution < 1.29 is 4.79 Å². The standard InChI is InChI=1S/C20H20N4O/c1-14-8-9-17(12-15(14)2)22-19-11-10-18(23-24-19)20(25)21-13-16-6-4-3-5-7-16/h3-12H,13H2,1-2H3,(H,21,25)(H,22,24). The maximum absolute atomic E-state index is 12.1. The average Bonchev–Trinajstić information content (AvgIpc) is 2.64. The van der Waals surface area contributed by atoms with E-state index in [1.807, 2.05) is 36.4 Å². The van der Waals surface area contributed by atoms with Gasteiger partial charge in [-0.2, -0.15) is 0 Å². The number of hydrogen-bond donors (Lipinski definition) is 2. The van der Waals surface area contributed by atoms with Crippen LogP contribution in [0.25, 0.3) is 0 Å². The van der Waals surface area contributed by atoms with Crippen molar-refractivity contribution in [2.75, 3.05) is 5.32 Å². The molecule has 1 amide bonds. The summed E-state index contributed by atoms with van der Waals surface area (Å²) in [5.41, 5.74) is 4.72. The predicted octanol–water partition coefficient (Wildman–Crippen LogP) is 3.77. The van der Waals surface area contributed by atoms with E-state index < -0.39 is 0 Å². The van der Waals surface area contributed by atoms with Gasteiger partial charge in [0.1, 0.15) is 0 Å². The molecule has 0 radical (unpaired) electrons. The summed E-state index contributed by atoms with van der Waals surface area (Å²) in [5, 5.41) is 14.1. The first kappa shape index (κ1) is 16.6. The van der Waals surface area contributed by atoms with Crippen molar-refractivity contribution in [3.8, 4) is 0 Å². The Morgan fingerprint density at radius 1 is 0.920 bits per heavy atom. The minimum absolute atomic E-state index is 0.242. The van der Waals surface area contributed by atoms with Crippen molar-refractivity contribution in [2.45, 2.75) is 20.4 Å². The van der Waals surface area contributed by atoms with Crippen LogP contribution in [-0.2, 0) is 6.54 Å². The Bertz CT molecular complexity index is 861. The van der Waals surface area contributed by atoms with Gasteiger partial charge in [-0.1, -0.05) is 36.4 Å². The van der Waals surface area contributed by atoms with Crippen molar-refractivity contribution in [1.29, 1.82) is 0 Å². The van der Waals surface area contributed by atoms with Gasteiger partial charge in [-0.05, 0) is 54.8 Å². The summed E-state index contributed by atoms with van der Waals surface area (Å²) in [6, 6.07) is 19.3. The van der Waals surface area contributed by atoms with Gasteiger partial charge in [0, 0.05) is 12.2 Å². The summed E-state index contributed by atoms with van der Waals surface area (Å²) in [6.07, 6.45) is 0. The van der Waals surface area contributed by atoms with E-state index in [0.717, 1.165) is 11.3 Å². The number of hydrogen-bond acceptors (Lipinski definition) is 4. The van der Waals surface area contributed by atoms with Crippen LogP contribution in [0.4, 0.5) is 11.5 Å². The van der Waals surface area contributed by atoms with Crippen LogP contribution in [-0.4, -0.2) is 16.1 Å². The molecule has 0 aliphatic rings. The first-order valence-electron chi connectivity index (χ1n) is 8.12. The molecular weight excluding hydrogens is 312 g/mol. The Hall–Kier alpha value is -3.21. The third-order valence-electron chi connectivity index (χ3n) is 3.97. The Labute approximate surface area is 147 Å². The average molecular weight is 332 g/mol. The van der Waals surface area contributed by atoms with Crippen LogP contribution in [0.15, 0.2) is 60.7 Å². The Balaban J connectivity index is 1.61. The summed E-state index contributed by atoms with van der Waals surface area (Å²) in [6.45, 7) is 4.60. The highest BCUT2D eigenvalue weighted by Crippen LogP contribution is 2.17. The fraction of sp³-hybridized carbons (Fsp3) is 0.150. The second-order valence-electron chi connectivity index (χ2n) is 5.90. The SMILES string of the molecule is Cc1ccc(Nc2ccc(C(=O)NCc3ccccc3)nn2)cc1C. The van der Waals surface area contributed by atoms with Gasteiger partial charge in [0.2, 0.25) is 0 Å². The van der Waals surface area contributed by atoms with Gasteiger partial charge >= 0.3 is 0 Å². The minimum atomic E-state index is -0.242. The molecule has 126 valence electrons. The van der Waals surface area contributed by atoms with Crippen molar-refractivity contribution in [2.24, 2.45) is 0 Å². The maximum Gasteiger partial charge on any atom is 0.272 e. The molecule has 0 saturated carbocycles. The minimum Gasteiger partial charge on any atom is -0.347 e. The highest BCUT2D eigenvalue weighted by molar-refractivity contribution is 5.92. The molecule has 3 aromatic rings. The zero-order chi connectivity index (χ0) is 17.6. The fourth-order valence-corrected chi connectivity index (χ4v) is 2.36. The van der Waals surface area contributed by atoms with Crippen LogP contribution in [0.5, 0.6) is 0 Å². The number of carbonyl (C=O) groups is 1. The smallest absolute Gasteiger partial charge is 0.272 e. The second-order valence-corrected chi connectivity index (χ2v) is 5.90. The van der Waals surface area contributed by atoms with Gasteiger partial charge in [0.15, 0.2) is 11.5 Å². The van der Waals surface area contributed by atoms with E-state index in [9.17, 15) is 4.79 Å². The number of amides is 1. The van der Waals surface area contributed by atoms with Crippen LogP contribution in [0.1, 0.15) is 27.2 Å². The third-order valence-corrected chi connectivity index (χ3v) is 3.97. The molecule has 0 bridgehead atoms. The lowest BCUT2D eigenvalue weighted by Crippen LogP contribution is -2.24. The monoisotopic (exact) mass is 332 g/mol. The van der Waals surface area contributed by atoms with Crippen LogP contribution in [0.2, 0.25) is 0 Å². The number of aryl methyl sites for hydroxylation is 2. The number of anilines is 2. The van der Waals surface area contributed by atoms with Crippen molar-refractivity contribution in [3.63, 3.8) is 0 Å². The molecule has 0 spiro atoms. The van der Waals surface area contributed by atoms with Crippen LogP contribution in [0.3, 0.4) is 0 Å². The summed E-state index contributed by atoms with van der Waals surface area (Å²) in [7, 11) is 0. The van der Waals surface area contributed by atoms with Crippen molar-refractivity contribution in [3.05, 3.63) is 83.0 Å². The molecule has 0 unspecified atom stereocenters. The van der Waals surface area contributed by atoms with Crippen LogP contribution in [0, 0.1) is 13.8 Å². The van der Waals surface area contributed by atoms with Crippen LogP contribution >= 0.6 is 0 Å². The van der Waals surface area contributed by atoms with E-state index >= 15 is 0 Å². The predicted molar refractivity (Wildman–Crippen MR) is 98.8 cm³/mol. The number of carbonyl (C=O) groups excluding carboxylic acids is 1. The second kappa shape index (κ2) is 7.57. The third kappa shape index (κ3) is 4.41. The summed E-state index contributed by atoms with van der Waals surface area (Å²) in [5.74, 6) is 0.358. The summed E-state index contributed by atoms with van der Waals surface area (Å²) < 4.78 is 0. The van der Waals surface area contributed by atoms with Crippen molar-refractivity contribution in [1.82, 2.24) is 15.5 Å². The molecule has 0 saturated heterocycles. The normalized spacial score (nSPS) is 10.3. The van der Waals surface area contributed by atoms with Gasteiger partial charge < -0.3 is 10.6 Å². The number of aromatic nitrogens is 2. The van der Waals surface area contributed by atoms with Gasteiger partial charge in [-0.3, -0.25) is 4.79 Å². The molecular formula is C20H20N4O. The zero-order valence-electron chi connectivity index (χ0n) is 14.3. The van der Waals surface area contributed by atoms with E-state index in [2.05, 4.69) is 46.8 Å². The van der Waals surface area contributed by atoms with Gasteiger partial charge in [-0.15, -0.1) is 10.2 Å². The Morgan fingerprint density at radius 3 is 2.40 bits per heavy atom. The maximum atomic E-state index is 12.1. The lowest BCUT2D eigenvalue weighted by atomic mass is 10.1. The number of rotatable bonds is 5. The van der Waals surface area contributed by atoms with Crippen molar-refractivity contribution >= 4 is 17.4 Å². The molecule has 1 aromatic heterocycles. The largest absolute Gasteiger partial charge is 0.347 e. The molecule has 0 aliphatic heterocycles. The summed E-state index contributed by atoms with van der Waals surface area (Å²) >= 11 is 0. The number of nitrogens with zero attached hydrogens (tertiary/aromatic N) is 2. The molecule has 5 heteroatoms. The van der Waals surface area contributed by atoms with Gasteiger partial charge in [0.25, 0.3) is 5.91 Å². The lowest BCUT2D eigenvalue weighted by Gasteiger charge is -2.08. The van der Waals surface area contributed by atoms with E-state index in [-0.39, 0.29) is 5.91 Å². The van der Waals surface area contributed by atoms with E-state index in [0.29, 0.717) is 18.1 Å². The van der Waals surface area contributed by atoms with Crippen LogP contribution < -0.4 is 10.6 Å². The van der Waals surface area contributed by atoms with Gasteiger partial charge in [0.05, 0.1) is 0 Å². The van der Waals surface area contributed by atoms with E-state index in [1.54, 1.807) is 12.1 Å². The molecule has 3 rings (SSSR count). The lowest BCUT2D eigenvalue weighted by molar-refractivity contribution is 0.0945. The molecule has 25 heavy (non-hydrogen) atoms. The van der Waals surface area contributed by atoms with E-state index in [4.69, 9.17) is 0 Å². The van der Waals surface area contributed by atoms with E-state index in [1.165, 1.54) is 11.1 Å². The Kier molecular flexibility index (Phi) is 5.04. The highest BCUT2D eigenvalue weighted by atomic mass is 16.1. The molecule has 2 aromatic carbocycles. The molecule has 1 heterocycles. The molecule has 2 N–H and O–H groups in total. The van der Waals surface area contributed by atoms with Gasteiger partial charge in [-0.25, -0.2) is 0 Å². The summed E-state index contributed by atoms with van der Waals surface area (Å²) in [4.78, 5) is 12.1. The zero-order valence-corrected chi connectivity index (χ0v) is 14.3. The Morgan fingerprint density at radius 2 is 1.72 bits per heavy atom. The fourth-order valence-electron chi connectivity index (χ4n) is 2.36. The molecule has 0 fully saturated rings. The highest BCUT2D eigenvalue weighted by Gasteiger charge is 2.08. The molecule has 0 atom stereocenters. The number of nitrogens with one attached hydrogen (secondary N) is 2. The number of benzene rings is 2. The molecule has 5 nitrogen and oxygen atoms in total. The topological polar surface area (TPSA) is 66.9 Å². The molecule has 0 aliphatic carbocycles. The quantitative estimate of drug-likeness (QED) is 0.746. The first-order chi connectivity index (χ1) is 12.1. The first-order valence-corrected chi connectivity index (χ1v) is 8.12.